The Bertz CT molecular complexity index is 422. The third kappa shape index (κ3) is 2.04. The molecule has 80 valence electrons. The molecule has 0 fully saturated rings. The summed E-state index contributed by atoms with van der Waals surface area (Å²) >= 11 is 5.66. The van der Waals surface area contributed by atoms with Crippen molar-refractivity contribution < 1.29 is 9.18 Å². The summed E-state index contributed by atoms with van der Waals surface area (Å²) < 4.78 is 13.2. The van der Waals surface area contributed by atoms with Gasteiger partial charge in [-0.1, -0.05) is 11.6 Å². The Morgan fingerprint density at radius 1 is 1.47 bits per heavy atom. The number of hydrogen-bond donors (Lipinski definition) is 2. The molecule has 2 N–H and O–H groups in total. The van der Waals surface area contributed by atoms with Crippen LogP contribution < -0.4 is 10.6 Å². The Morgan fingerprint density at radius 2 is 2.20 bits per heavy atom. The molecule has 1 aliphatic heterocycles. The number of carbonyl (C=O) groups is 1. The minimum absolute atomic E-state index is 0.00720. The molecule has 5 heteroatoms. The highest BCUT2D eigenvalue weighted by atomic mass is 35.5. The van der Waals surface area contributed by atoms with Crippen molar-refractivity contribution in [1.82, 2.24) is 0 Å². The molecule has 1 heterocycles. The molecule has 0 bridgehead atoms. The van der Waals surface area contributed by atoms with Gasteiger partial charge in [-0.25, -0.2) is 4.39 Å². The number of rotatable bonds is 0. The van der Waals surface area contributed by atoms with Gasteiger partial charge < -0.3 is 10.6 Å². The van der Waals surface area contributed by atoms with Crippen LogP contribution >= 0.6 is 11.6 Å². The van der Waals surface area contributed by atoms with Crippen LogP contribution in [0.25, 0.3) is 0 Å². The molecule has 0 aliphatic carbocycles. The van der Waals surface area contributed by atoms with Crippen LogP contribution in [0.5, 0.6) is 0 Å². The summed E-state index contributed by atoms with van der Waals surface area (Å²) in [4.78, 5) is 11.3. The van der Waals surface area contributed by atoms with E-state index >= 15 is 0 Å². The van der Waals surface area contributed by atoms with E-state index in [0.29, 0.717) is 17.8 Å². The van der Waals surface area contributed by atoms with Gasteiger partial charge in [0.25, 0.3) is 0 Å². The van der Waals surface area contributed by atoms with Crippen LogP contribution in [0.1, 0.15) is 13.3 Å². The molecule has 1 aliphatic rings. The second kappa shape index (κ2) is 3.70. The number of carbonyl (C=O) groups excluding carboxylic acids is 1. The fourth-order valence-electron chi connectivity index (χ4n) is 1.57. The number of anilines is 2. The number of benzene rings is 1. The monoisotopic (exact) mass is 228 g/mol. The predicted octanol–water partition coefficient (Wildman–Crippen LogP) is 2.62. The van der Waals surface area contributed by atoms with Crippen molar-refractivity contribution in [3.8, 4) is 0 Å². The highest BCUT2D eigenvalue weighted by molar-refractivity contribution is 6.31. The Morgan fingerprint density at radius 3 is 2.93 bits per heavy atom. The lowest BCUT2D eigenvalue weighted by molar-refractivity contribution is -0.116. The fraction of sp³-hybridized carbons (Fsp3) is 0.300. The summed E-state index contributed by atoms with van der Waals surface area (Å²) in [7, 11) is 0. The zero-order valence-electron chi connectivity index (χ0n) is 8.10. The largest absolute Gasteiger partial charge is 0.380 e. The van der Waals surface area contributed by atoms with Crippen molar-refractivity contribution in [1.29, 1.82) is 0 Å². The van der Waals surface area contributed by atoms with Crippen LogP contribution in [0, 0.1) is 5.82 Å². The normalized spacial score (nSPS) is 19.9. The minimum atomic E-state index is -0.535. The van der Waals surface area contributed by atoms with Gasteiger partial charge in [-0.2, -0.15) is 0 Å². The molecule has 1 aromatic carbocycles. The maximum atomic E-state index is 13.2. The molecule has 2 rings (SSSR count). The second-order valence-electron chi connectivity index (χ2n) is 3.61. The van der Waals surface area contributed by atoms with Gasteiger partial charge in [-0.15, -0.1) is 0 Å². The number of amides is 1. The molecule has 3 nitrogen and oxygen atoms in total. The van der Waals surface area contributed by atoms with Crippen LogP contribution in [-0.4, -0.2) is 11.9 Å². The number of fused-ring (bicyclic) bond motifs is 1. The number of halogens is 2. The summed E-state index contributed by atoms with van der Waals surface area (Å²) in [6.07, 6.45) is 0.355. The average Bonchev–Trinajstić information content (AvgIpc) is 2.24. The van der Waals surface area contributed by atoms with Gasteiger partial charge in [0.05, 0.1) is 16.4 Å². The topological polar surface area (TPSA) is 41.1 Å². The first-order chi connectivity index (χ1) is 7.06. The van der Waals surface area contributed by atoms with Crippen LogP contribution in [0.2, 0.25) is 5.02 Å². The zero-order chi connectivity index (χ0) is 11.0. The molecule has 15 heavy (non-hydrogen) atoms. The third-order valence-corrected chi connectivity index (χ3v) is 2.52. The van der Waals surface area contributed by atoms with Gasteiger partial charge >= 0.3 is 0 Å². The molecule has 0 aromatic heterocycles. The standard InChI is InChI=1S/C10H10ClFN2O/c1-5-2-10(15)14-9-4-7(12)6(11)3-8(9)13-5/h3-5,13H,2H2,1H3,(H,14,15). The Balaban J connectivity index is 2.46. The average molecular weight is 229 g/mol. The first-order valence-corrected chi connectivity index (χ1v) is 4.99. The van der Waals surface area contributed by atoms with Crippen molar-refractivity contribution in [3.05, 3.63) is 23.0 Å². The Labute approximate surface area is 91.6 Å². The summed E-state index contributed by atoms with van der Waals surface area (Å²) in [6, 6.07) is 2.71. The lowest BCUT2D eigenvalue weighted by Crippen LogP contribution is -2.18. The van der Waals surface area contributed by atoms with Crippen LogP contribution in [0.4, 0.5) is 15.8 Å². The highest BCUT2D eigenvalue weighted by Gasteiger charge is 2.18. The van der Waals surface area contributed by atoms with E-state index in [9.17, 15) is 9.18 Å². The van der Waals surface area contributed by atoms with Gasteiger partial charge in [0.1, 0.15) is 5.82 Å². The molecule has 0 saturated heterocycles. The Hall–Kier alpha value is -1.29. The molecular formula is C10H10ClFN2O. The Kier molecular flexibility index (Phi) is 2.52. The lowest BCUT2D eigenvalue weighted by Gasteiger charge is -2.11. The summed E-state index contributed by atoms with van der Waals surface area (Å²) in [6.45, 7) is 1.88. The summed E-state index contributed by atoms with van der Waals surface area (Å²) in [5, 5.41) is 5.75. The van der Waals surface area contributed by atoms with Gasteiger partial charge in [0, 0.05) is 18.5 Å². The van der Waals surface area contributed by atoms with Crippen LogP contribution in [-0.2, 0) is 4.79 Å². The number of hydrogen-bond acceptors (Lipinski definition) is 2. The van der Waals surface area contributed by atoms with E-state index in [0.717, 1.165) is 0 Å². The molecule has 1 amide bonds. The molecule has 1 unspecified atom stereocenters. The molecule has 0 radical (unpaired) electrons. The van der Waals surface area contributed by atoms with E-state index in [1.807, 2.05) is 6.92 Å². The molecular weight excluding hydrogens is 219 g/mol. The van der Waals surface area contributed by atoms with E-state index < -0.39 is 5.82 Å². The predicted molar refractivity (Wildman–Crippen MR) is 57.7 cm³/mol. The van der Waals surface area contributed by atoms with E-state index in [2.05, 4.69) is 10.6 Å². The van der Waals surface area contributed by atoms with Crippen molar-refractivity contribution in [2.45, 2.75) is 19.4 Å². The first kappa shape index (κ1) is 10.2. The minimum Gasteiger partial charge on any atom is -0.380 e. The van der Waals surface area contributed by atoms with Gasteiger partial charge in [-0.3, -0.25) is 4.79 Å². The molecule has 0 saturated carbocycles. The van der Waals surface area contributed by atoms with Crippen molar-refractivity contribution >= 4 is 28.9 Å². The second-order valence-corrected chi connectivity index (χ2v) is 4.02. The SMILES string of the molecule is CC1CC(=O)Nc2cc(F)c(Cl)cc2N1. The number of nitrogens with one attached hydrogen (secondary N) is 2. The van der Waals surface area contributed by atoms with Gasteiger partial charge in [-0.05, 0) is 13.0 Å². The van der Waals surface area contributed by atoms with Crippen molar-refractivity contribution in [3.63, 3.8) is 0 Å². The van der Waals surface area contributed by atoms with Gasteiger partial charge in [0.15, 0.2) is 0 Å². The quantitative estimate of drug-likeness (QED) is 0.717. The lowest BCUT2D eigenvalue weighted by atomic mass is 10.2. The van der Waals surface area contributed by atoms with Gasteiger partial charge in [0.2, 0.25) is 5.91 Å². The third-order valence-electron chi connectivity index (χ3n) is 2.23. The molecule has 1 aromatic rings. The smallest absolute Gasteiger partial charge is 0.226 e. The van der Waals surface area contributed by atoms with Crippen LogP contribution in [0.15, 0.2) is 12.1 Å². The highest BCUT2D eigenvalue weighted by Crippen LogP contribution is 2.31. The fourth-order valence-corrected chi connectivity index (χ4v) is 1.73. The van der Waals surface area contributed by atoms with E-state index in [4.69, 9.17) is 11.6 Å². The first-order valence-electron chi connectivity index (χ1n) is 4.61. The van der Waals surface area contributed by atoms with Crippen molar-refractivity contribution in [2.75, 3.05) is 10.6 Å². The van der Waals surface area contributed by atoms with E-state index in [1.165, 1.54) is 12.1 Å². The van der Waals surface area contributed by atoms with E-state index in [1.54, 1.807) is 0 Å². The van der Waals surface area contributed by atoms with E-state index in [-0.39, 0.29) is 17.0 Å². The van der Waals surface area contributed by atoms with Crippen LogP contribution in [0.3, 0.4) is 0 Å². The maximum Gasteiger partial charge on any atom is 0.226 e. The summed E-state index contributed by atoms with van der Waals surface area (Å²) in [5.41, 5.74) is 1.09. The molecule has 0 spiro atoms. The summed E-state index contributed by atoms with van der Waals surface area (Å²) in [5.74, 6) is -0.664. The van der Waals surface area contributed by atoms with Crippen molar-refractivity contribution in [2.24, 2.45) is 0 Å². The molecule has 1 atom stereocenters. The zero-order valence-corrected chi connectivity index (χ0v) is 8.86. The maximum absolute atomic E-state index is 13.2.